The van der Waals surface area contributed by atoms with Crippen LogP contribution in [0.1, 0.15) is 42.4 Å². The Morgan fingerprint density at radius 1 is 0.917 bits per heavy atom. The van der Waals surface area contributed by atoms with Crippen LogP contribution in [0.2, 0.25) is 0 Å². The van der Waals surface area contributed by atoms with Crippen LogP contribution < -0.4 is 5.32 Å². The number of rotatable bonds is 7. The number of carbonyl (C=O) groups excluding carboxylic acids is 2. The molecule has 0 spiro atoms. The van der Waals surface area contributed by atoms with E-state index in [9.17, 15) is 14.0 Å². The van der Waals surface area contributed by atoms with Crippen LogP contribution in [-0.2, 0) is 16.8 Å². The van der Waals surface area contributed by atoms with E-state index >= 15 is 0 Å². The highest BCUT2D eigenvalue weighted by Gasteiger charge is 2.24. The highest BCUT2D eigenvalue weighted by molar-refractivity contribution is 5.99. The van der Waals surface area contributed by atoms with Gasteiger partial charge < -0.3 is 10.2 Å². The second kappa shape index (κ2) is 10.6. The molecule has 0 fully saturated rings. The Bertz CT molecular complexity index is 1340. The van der Waals surface area contributed by atoms with Gasteiger partial charge in [-0.05, 0) is 29.8 Å². The number of anilines is 1. The summed E-state index contributed by atoms with van der Waals surface area (Å²) in [7, 11) is 0. The minimum Gasteiger partial charge on any atom is -0.325 e. The van der Waals surface area contributed by atoms with Gasteiger partial charge in [0.25, 0.3) is 5.91 Å². The van der Waals surface area contributed by atoms with Crippen LogP contribution in [0, 0.1) is 5.82 Å². The fourth-order valence-corrected chi connectivity index (χ4v) is 3.77. The normalized spacial score (nSPS) is 11.2. The monoisotopic (exact) mass is 484 g/mol. The van der Waals surface area contributed by atoms with Crippen molar-refractivity contribution >= 4 is 17.6 Å². The number of nitrogens with zero attached hydrogens (tertiary/aromatic N) is 3. The molecule has 7 heteroatoms. The molecule has 2 amide bonds. The summed E-state index contributed by atoms with van der Waals surface area (Å²) in [4.78, 5) is 27.9. The van der Waals surface area contributed by atoms with Crippen molar-refractivity contribution in [2.45, 2.75) is 32.7 Å². The third kappa shape index (κ3) is 5.86. The number of carbonyl (C=O) groups is 2. The highest BCUT2D eigenvalue weighted by atomic mass is 19.1. The maximum absolute atomic E-state index is 14.4. The molecule has 6 nitrogen and oxygen atoms in total. The Morgan fingerprint density at radius 2 is 1.53 bits per heavy atom. The number of aromatic nitrogens is 2. The SMILES string of the molecule is CC(C)(C)c1cc(NC(=O)CN(Cc2ccccc2)C(=O)c2ccccc2F)n(-c2ccccc2)n1. The summed E-state index contributed by atoms with van der Waals surface area (Å²) in [6, 6.07) is 26.4. The van der Waals surface area contributed by atoms with Crippen LogP contribution in [0.4, 0.5) is 10.2 Å². The van der Waals surface area contributed by atoms with Gasteiger partial charge in [-0.2, -0.15) is 5.10 Å². The molecule has 4 rings (SSSR count). The zero-order chi connectivity index (χ0) is 25.7. The molecule has 184 valence electrons. The average molecular weight is 485 g/mol. The largest absolute Gasteiger partial charge is 0.325 e. The number of amides is 2. The second-order valence-corrected chi connectivity index (χ2v) is 9.59. The first-order valence-electron chi connectivity index (χ1n) is 11.8. The van der Waals surface area contributed by atoms with Gasteiger partial charge in [-0.1, -0.05) is 81.4 Å². The Morgan fingerprint density at radius 3 is 2.17 bits per heavy atom. The number of halogens is 1. The molecule has 36 heavy (non-hydrogen) atoms. The molecule has 0 atom stereocenters. The lowest BCUT2D eigenvalue weighted by Gasteiger charge is -2.23. The van der Waals surface area contributed by atoms with Gasteiger partial charge >= 0.3 is 0 Å². The first kappa shape index (κ1) is 24.9. The van der Waals surface area contributed by atoms with Gasteiger partial charge in [0.05, 0.1) is 16.9 Å². The maximum atomic E-state index is 14.4. The molecule has 0 aliphatic heterocycles. The third-order valence-corrected chi connectivity index (χ3v) is 5.69. The number of para-hydroxylation sites is 1. The Kier molecular flexibility index (Phi) is 7.29. The van der Waals surface area contributed by atoms with E-state index in [1.807, 2.05) is 87.5 Å². The smallest absolute Gasteiger partial charge is 0.257 e. The fraction of sp³-hybridized carbons (Fsp3) is 0.207. The number of nitrogens with one attached hydrogen (secondary N) is 1. The van der Waals surface area contributed by atoms with Crippen molar-refractivity contribution in [1.29, 1.82) is 0 Å². The van der Waals surface area contributed by atoms with Gasteiger partial charge in [-0.25, -0.2) is 9.07 Å². The van der Waals surface area contributed by atoms with E-state index in [4.69, 9.17) is 5.10 Å². The van der Waals surface area contributed by atoms with E-state index in [1.54, 1.807) is 10.7 Å². The highest BCUT2D eigenvalue weighted by Crippen LogP contribution is 2.26. The summed E-state index contributed by atoms with van der Waals surface area (Å²) in [6.07, 6.45) is 0. The number of hydrogen-bond acceptors (Lipinski definition) is 3. The molecule has 0 aliphatic rings. The van der Waals surface area contributed by atoms with Gasteiger partial charge in [0.2, 0.25) is 5.91 Å². The first-order chi connectivity index (χ1) is 17.2. The lowest BCUT2D eigenvalue weighted by molar-refractivity contribution is -0.117. The van der Waals surface area contributed by atoms with Gasteiger partial charge in [0, 0.05) is 18.0 Å². The van der Waals surface area contributed by atoms with Gasteiger partial charge in [-0.15, -0.1) is 0 Å². The van der Waals surface area contributed by atoms with E-state index < -0.39 is 17.6 Å². The molecule has 1 N–H and O–H groups in total. The van der Waals surface area contributed by atoms with E-state index in [0.717, 1.165) is 16.9 Å². The van der Waals surface area contributed by atoms with Crippen LogP contribution >= 0.6 is 0 Å². The van der Waals surface area contributed by atoms with Crippen molar-refractivity contribution in [2.24, 2.45) is 0 Å². The Labute approximate surface area is 210 Å². The minimum absolute atomic E-state index is 0.0782. The summed E-state index contributed by atoms with van der Waals surface area (Å²) in [5.74, 6) is -1.10. The molecule has 0 bridgehead atoms. The predicted molar refractivity (Wildman–Crippen MR) is 138 cm³/mol. The number of hydrogen-bond donors (Lipinski definition) is 1. The molecule has 4 aromatic rings. The average Bonchev–Trinajstić information content (AvgIpc) is 3.29. The van der Waals surface area contributed by atoms with Gasteiger partial charge in [0.1, 0.15) is 18.2 Å². The van der Waals surface area contributed by atoms with Crippen LogP contribution in [-0.4, -0.2) is 33.0 Å². The molecular weight excluding hydrogens is 455 g/mol. The first-order valence-corrected chi connectivity index (χ1v) is 11.8. The van der Waals surface area contributed by atoms with Crippen LogP contribution in [0.5, 0.6) is 0 Å². The molecule has 0 unspecified atom stereocenters. The molecule has 3 aromatic carbocycles. The van der Waals surface area contributed by atoms with E-state index in [0.29, 0.717) is 5.82 Å². The maximum Gasteiger partial charge on any atom is 0.257 e. The van der Waals surface area contributed by atoms with E-state index in [-0.39, 0.29) is 24.1 Å². The third-order valence-electron chi connectivity index (χ3n) is 5.69. The van der Waals surface area contributed by atoms with E-state index in [1.165, 1.54) is 23.1 Å². The van der Waals surface area contributed by atoms with Crippen LogP contribution in [0.3, 0.4) is 0 Å². The molecule has 1 aromatic heterocycles. The van der Waals surface area contributed by atoms with E-state index in [2.05, 4.69) is 5.32 Å². The zero-order valence-corrected chi connectivity index (χ0v) is 20.6. The predicted octanol–water partition coefficient (Wildman–Crippen LogP) is 5.59. The van der Waals surface area contributed by atoms with Crippen molar-refractivity contribution < 1.29 is 14.0 Å². The van der Waals surface area contributed by atoms with Crippen LogP contribution in [0.15, 0.2) is 91.0 Å². The summed E-state index contributed by atoms with van der Waals surface area (Å²) in [5, 5.41) is 7.63. The fourth-order valence-electron chi connectivity index (χ4n) is 3.77. The van der Waals surface area contributed by atoms with Crippen molar-refractivity contribution in [1.82, 2.24) is 14.7 Å². The van der Waals surface area contributed by atoms with Crippen molar-refractivity contribution in [3.05, 3.63) is 114 Å². The molecule has 0 aliphatic carbocycles. The molecule has 1 heterocycles. The van der Waals surface area contributed by atoms with Gasteiger partial charge in [-0.3, -0.25) is 9.59 Å². The summed E-state index contributed by atoms with van der Waals surface area (Å²) < 4.78 is 16.1. The standard InChI is InChI=1S/C29H29FN4O2/c1-29(2,3)25-18-26(34(32-25)22-14-8-5-9-15-22)31-27(35)20-33(19-21-12-6-4-7-13-21)28(36)23-16-10-11-17-24(23)30/h4-18H,19-20H2,1-3H3,(H,31,35). The topological polar surface area (TPSA) is 67.2 Å². The molecule has 0 saturated carbocycles. The number of benzene rings is 3. The van der Waals surface area contributed by atoms with Gasteiger partial charge in [0.15, 0.2) is 0 Å². The Balaban J connectivity index is 1.62. The quantitative estimate of drug-likeness (QED) is 0.372. The molecule has 0 radical (unpaired) electrons. The second-order valence-electron chi connectivity index (χ2n) is 9.59. The lowest BCUT2D eigenvalue weighted by Crippen LogP contribution is -2.38. The summed E-state index contributed by atoms with van der Waals surface area (Å²) >= 11 is 0. The van der Waals surface area contributed by atoms with Crippen LogP contribution in [0.25, 0.3) is 5.69 Å². The summed E-state index contributed by atoms with van der Waals surface area (Å²) in [6.45, 7) is 6.04. The van der Waals surface area contributed by atoms with Crippen molar-refractivity contribution in [3.8, 4) is 5.69 Å². The lowest BCUT2D eigenvalue weighted by atomic mass is 9.92. The summed E-state index contributed by atoms with van der Waals surface area (Å²) in [5.41, 5.74) is 2.13. The minimum atomic E-state index is -0.627. The van der Waals surface area contributed by atoms with Crippen molar-refractivity contribution in [2.75, 3.05) is 11.9 Å². The zero-order valence-electron chi connectivity index (χ0n) is 20.6. The molecular formula is C29H29FN4O2. The van der Waals surface area contributed by atoms with Crippen molar-refractivity contribution in [3.63, 3.8) is 0 Å². The molecule has 0 saturated heterocycles. The Hall–Kier alpha value is -4.26.